The fourth-order valence-electron chi connectivity index (χ4n) is 2.81. The first-order valence-electron chi connectivity index (χ1n) is 8.82. The van der Waals surface area contributed by atoms with Crippen LogP contribution in [0, 0.1) is 0 Å². The van der Waals surface area contributed by atoms with Crippen LogP contribution in [0.15, 0.2) is 16.6 Å². The SMILES string of the molecule is CCc1nc(CCNC(=NC)N(C)Cc2cn(C)nc2C(C)C)cs1. The van der Waals surface area contributed by atoms with Crippen LogP contribution < -0.4 is 5.32 Å². The van der Waals surface area contributed by atoms with Gasteiger partial charge in [-0.15, -0.1) is 11.3 Å². The predicted molar refractivity (Wildman–Crippen MR) is 105 cm³/mol. The highest BCUT2D eigenvalue weighted by molar-refractivity contribution is 7.09. The van der Waals surface area contributed by atoms with Crippen molar-refractivity contribution in [1.82, 2.24) is 25.0 Å². The molecule has 25 heavy (non-hydrogen) atoms. The topological polar surface area (TPSA) is 58.3 Å². The predicted octanol–water partition coefficient (Wildman–Crippen LogP) is 2.81. The van der Waals surface area contributed by atoms with Gasteiger partial charge in [0.1, 0.15) is 0 Å². The van der Waals surface area contributed by atoms with E-state index in [1.54, 1.807) is 11.3 Å². The zero-order valence-electron chi connectivity index (χ0n) is 16.2. The molecule has 0 atom stereocenters. The molecule has 0 saturated carbocycles. The summed E-state index contributed by atoms with van der Waals surface area (Å²) in [5.74, 6) is 1.31. The number of hydrogen-bond donors (Lipinski definition) is 1. The first-order chi connectivity index (χ1) is 11.9. The lowest BCUT2D eigenvalue weighted by molar-refractivity contribution is 0.473. The van der Waals surface area contributed by atoms with Gasteiger partial charge in [-0.2, -0.15) is 5.10 Å². The zero-order valence-corrected chi connectivity index (χ0v) is 17.0. The summed E-state index contributed by atoms with van der Waals surface area (Å²) in [6.07, 6.45) is 4.01. The molecule has 0 aliphatic carbocycles. The Morgan fingerprint density at radius 3 is 2.80 bits per heavy atom. The second-order valence-electron chi connectivity index (χ2n) is 6.53. The highest BCUT2D eigenvalue weighted by Crippen LogP contribution is 2.18. The second-order valence-corrected chi connectivity index (χ2v) is 7.48. The quantitative estimate of drug-likeness (QED) is 0.608. The van der Waals surface area contributed by atoms with E-state index < -0.39 is 0 Å². The van der Waals surface area contributed by atoms with E-state index >= 15 is 0 Å². The van der Waals surface area contributed by atoms with E-state index in [0.29, 0.717) is 5.92 Å². The molecule has 0 saturated heterocycles. The summed E-state index contributed by atoms with van der Waals surface area (Å²) in [6.45, 7) is 8.11. The van der Waals surface area contributed by atoms with Crippen LogP contribution in [0.3, 0.4) is 0 Å². The van der Waals surface area contributed by atoms with E-state index in [0.717, 1.165) is 43.3 Å². The molecule has 0 bridgehead atoms. The van der Waals surface area contributed by atoms with E-state index in [2.05, 4.69) is 64.7 Å². The maximum atomic E-state index is 4.61. The molecule has 0 spiro atoms. The normalized spacial score (nSPS) is 12.0. The Kier molecular flexibility index (Phi) is 6.99. The van der Waals surface area contributed by atoms with Crippen LogP contribution in [0.4, 0.5) is 0 Å². The minimum atomic E-state index is 0.414. The van der Waals surface area contributed by atoms with Crippen LogP contribution in [0.25, 0.3) is 0 Å². The Morgan fingerprint density at radius 2 is 2.20 bits per heavy atom. The fraction of sp³-hybridized carbons (Fsp3) is 0.611. The van der Waals surface area contributed by atoms with E-state index in [4.69, 9.17) is 0 Å². The molecule has 7 heteroatoms. The number of aromatic nitrogens is 3. The van der Waals surface area contributed by atoms with E-state index in [1.807, 2.05) is 18.8 Å². The monoisotopic (exact) mass is 362 g/mol. The minimum Gasteiger partial charge on any atom is -0.356 e. The van der Waals surface area contributed by atoms with Crippen molar-refractivity contribution >= 4 is 17.3 Å². The average molecular weight is 363 g/mol. The first kappa shape index (κ1) is 19.4. The molecule has 0 fully saturated rings. The molecule has 2 aromatic heterocycles. The molecule has 0 unspecified atom stereocenters. The maximum absolute atomic E-state index is 4.61. The summed E-state index contributed by atoms with van der Waals surface area (Å²) in [4.78, 5) is 11.2. The van der Waals surface area contributed by atoms with Crippen molar-refractivity contribution in [3.63, 3.8) is 0 Å². The Hall–Kier alpha value is -1.89. The second kappa shape index (κ2) is 8.99. The summed E-state index contributed by atoms with van der Waals surface area (Å²) in [6, 6.07) is 0. The van der Waals surface area contributed by atoms with Gasteiger partial charge in [0.2, 0.25) is 0 Å². The fourth-order valence-corrected chi connectivity index (χ4v) is 3.59. The summed E-state index contributed by atoms with van der Waals surface area (Å²) in [5.41, 5.74) is 3.55. The maximum Gasteiger partial charge on any atom is 0.193 e. The molecule has 2 aromatic rings. The summed E-state index contributed by atoms with van der Waals surface area (Å²) in [7, 11) is 5.86. The van der Waals surface area contributed by atoms with Crippen LogP contribution in [0.1, 0.15) is 48.6 Å². The molecule has 0 aromatic carbocycles. The van der Waals surface area contributed by atoms with Crippen LogP contribution >= 0.6 is 11.3 Å². The lowest BCUT2D eigenvalue weighted by Crippen LogP contribution is -2.39. The first-order valence-corrected chi connectivity index (χ1v) is 9.70. The summed E-state index contributed by atoms with van der Waals surface area (Å²) in [5, 5.41) is 11.4. The number of guanidine groups is 1. The summed E-state index contributed by atoms with van der Waals surface area (Å²) < 4.78 is 1.89. The molecular formula is C18H30N6S. The van der Waals surface area contributed by atoms with Crippen molar-refractivity contribution in [2.24, 2.45) is 12.0 Å². The van der Waals surface area contributed by atoms with Gasteiger partial charge in [0.25, 0.3) is 0 Å². The molecule has 2 heterocycles. The van der Waals surface area contributed by atoms with Gasteiger partial charge in [0, 0.05) is 57.8 Å². The lowest BCUT2D eigenvalue weighted by atomic mass is 10.1. The molecule has 0 radical (unpaired) electrons. The van der Waals surface area contributed by atoms with Gasteiger partial charge in [0.15, 0.2) is 5.96 Å². The molecule has 6 nitrogen and oxygen atoms in total. The van der Waals surface area contributed by atoms with Crippen molar-refractivity contribution < 1.29 is 0 Å². The van der Waals surface area contributed by atoms with Crippen LogP contribution in [-0.2, 0) is 26.4 Å². The van der Waals surface area contributed by atoms with Gasteiger partial charge >= 0.3 is 0 Å². The highest BCUT2D eigenvalue weighted by Gasteiger charge is 2.15. The number of aliphatic imine (C=N–C) groups is 1. The Bertz CT molecular complexity index is 700. The number of thiazole rings is 1. The summed E-state index contributed by atoms with van der Waals surface area (Å²) >= 11 is 1.74. The number of aryl methyl sites for hydroxylation is 2. The third-order valence-corrected chi connectivity index (χ3v) is 5.07. The smallest absolute Gasteiger partial charge is 0.193 e. The van der Waals surface area contributed by atoms with Gasteiger partial charge in [-0.3, -0.25) is 9.67 Å². The number of hydrogen-bond acceptors (Lipinski definition) is 4. The number of nitrogens with one attached hydrogen (secondary N) is 1. The third kappa shape index (κ3) is 5.29. The molecule has 138 valence electrons. The molecule has 0 aliphatic heterocycles. The van der Waals surface area contributed by atoms with E-state index in [1.165, 1.54) is 10.6 Å². The Morgan fingerprint density at radius 1 is 1.44 bits per heavy atom. The van der Waals surface area contributed by atoms with Gasteiger partial charge in [-0.05, 0) is 12.3 Å². The zero-order chi connectivity index (χ0) is 18.4. The van der Waals surface area contributed by atoms with Crippen molar-refractivity contribution in [1.29, 1.82) is 0 Å². The van der Waals surface area contributed by atoms with Crippen molar-refractivity contribution in [2.75, 3.05) is 20.6 Å². The largest absolute Gasteiger partial charge is 0.356 e. The Balaban J connectivity index is 1.91. The molecule has 1 N–H and O–H groups in total. The van der Waals surface area contributed by atoms with Gasteiger partial charge in [-0.25, -0.2) is 4.98 Å². The van der Waals surface area contributed by atoms with Crippen molar-refractivity contribution in [2.45, 2.75) is 46.1 Å². The van der Waals surface area contributed by atoms with Gasteiger partial charge in [0.05, 0.1) is 16.4 Å². The van der Waals surface area contributed by atoms with E-state index in [-0.39, 0.29) is 0 Å². The minimum absolute atomic E-state index is 0.414. The van der Waals surface area contributed by atoms with Crippen LogP contribution in [-0.4, -0.2) is 46.3 Å². The third-order valence-electron chi connectivity index (χ3n) is 4.03. The highest BCUT2D eigenvalue weighted by atomic mass is 32.1. The van der Waals surface area contributed by atoms with Crippen molar-refractivity contribution in [3.8, 4) is 0 Å². The van der Waals surface area contributed by atoms with Crippen molar-refractivity contribution in [3.05, 3.63) is 33.5 Å². The van der Waals surface area contributed by atoms with Gasteiger partial charge < -0.3 is 10.2 Å². The average Bonchev–Trinajstić information content (AvgIpc) is 3.17. The van der Waals surface area contributed by atoms with Gasteiger partial charge in [-0.1, -0.05) is 20.8 Å². The van der Waals surface area contributed by atoms with Crippen LogP contribution in [0.2, 0.25) is 0 Å². The van der Waals surface area contributed by atoms with Crippen LogP contribution in [0.5, 0.6) is 0 Å². The molecular weight excluding hydrogens is 332 g/mol. The van der Waals surface area contributed by atoms with E-state index in [9.17, 15) is 0 Å². The Labute approximate surface area is 155 Å². The number of rotatable bonds is 7. The number of nitrogens with zero attached hydrogens (tertiary/aromatic N) is 5. The molecule has 2 rings (SSSR count). The molecule has 0 amide bonds. The standard InChI is InChI=1S/C18H30N6S/c1-7-16-21-15(12-25-16)8-9-20-18(19-4)23(5)10-14-11-24(6)22-17(14)13(2)3/h11-13H,7-10H2,1-6H3,(H,19,20). The lowest BCUT2D eigenvalue weighted by Gasteiger charge is -2.22. The molecule has 0 aliphatic rings.